The molecule has 0 spiro atoms. The Hall–Kier alpha value is -2.48. The fourth-order valence-corrected chi connectivity index (χ4v) is 2.01. The Morgan fingerprint density at radius 2 is 1.17 bits per heavy atom. The van der Waals surface area contributed by atoms with Crippen LogP contribution in [0.25, 0.3) is 22.5 Å². The minimum Gasteiger partial charge on any atom is -0.399 e. The highest BCUT2D eigenvalue weighted by atomic mass is 14.7. The molecule has 0 aliphatic rings. The van der Waals surface area contributed by atoms with Crippen LogP contribution >= 0.6 is 0 Å². The van der Waals surface area contributed by atoms with Gasteiger partial charge in [0.25, 0.3) is 0 Å². The van der Waals surface area contributed by atoms with E-state index < -0.39 is 0 Å². The smallest absolute Gasteiger partial charge is 0.0458 e. The van der Waals surface area contributed by atoms with Gasteiger partial charge in [-0.15, -0.1) is 0 Å². The van der Waals surface area contributed by atoms with Gasteiger partial charge in [-0.1, -0.05) is 42.5 Å². The van der Waals surface area contributed by atoms with Crippen molar-refractivity contribution >= 4 is 5.69 Å². The van der Waals surface area contributed by atoms with E-state index in [9.17, 15) is 0 Å². The summed E-state index contributed by atoms with van der Waals surface area (Å²) >= 11 is 0. The van der Waals surface area contributed by atoms with E-state index in [4.69, 9.17) is 5.73 Å². The maximum Gasteiger partial charge on any atom is 0.0458 e. The summed E-state index contributed by atoms with van der Waals surface area (Å²) in [6, 6.07) is 22.4. The Balaban J connectivity index is 1.97. The van der Waals surface area contributed by atoms with Crippen LogP contribution in [0.15, 0.2) is 66.7 Å². The van der Waals surface area contributed by atoms with Crippen molar-refractivity contribution in [2.45, 2.75) is 0 Å². The van der Waals surface area contributed by atoms with Crippen molar-refractivity contribution in [1.29, 1.82) is 0 Å². The molecule has 88 valence electrons. The van der Waals surface area contributed by atoms with Crippen LogP contribution in [0.1, 0.15) is 0 Å². The Morgan fingerprint density at radius 3 is 1.78 bits per heavy atom. The maximum absolute atomic E-state index is 5.69. The SMILES string of the molecule is Nc1ccc(-c2ccc(-c3ccccc3)[nH]2)cc1. The Bertz CT molecular complexity index is 636. The number of H-pyrrole nitrogens is 1. The highest BCUT2D eigenvalue weighted by molar-refractivity contribution is 5.69. The van der Waals surface area contributed by atoms with Crippen molar-refractivity contribution < 1.29 is 0 Å². The molecule has 1 aromatic heterocycles. The number of benzene rings is 2. The van der Waals surface area contributed by atoms with Gasteiger partial charge in [0.1, 0.15) is 0 Å². The molecule has 0 fully saturated rings. The lowest BCUT2D eigenvalue weighted by atomic mass is 10.1. The Kier molecular flexibility index (Phi) is 2.61. The van der Waals surface area contributed by atoms with Crippen molar-refractivity contribution in [2.24, 2.45) is 0 Å². The van der Waals surface area contributed by atoms with Gasteiger partial charge in [0.15, 0.2) is 0 Å². The number of rotatable bonds is 2. The lowest BCUT2D eigenvalue weighted by molar-refractivity contribution is 1.39. The average Bonchev–Trinajstić information content (AvgIpc) is 2.90. The van der Waals surface area contributed by atoms with Gasteiger partial charge in [-0.25, -0.2) is 0 Å². The number of hydrogen-bond acceptors (Lipinski definition) is 1. The molecule has 2 aromatic carbocycles. The summed E-state index contributed by atoms with van der Waals surface area (Å²) in [6.45, 7) is 0. The van der Waals surface area contributed by atoms with Crippen molar-refractivity contribution in [2.75, 3.05) is 5.73 Å². The zero-order valence-electron chi connectivity index (χ0n) is 9.93. The topological polar surface area (TPSA) is 41.8 Å². The summed E-state index contributed by atoms with van der Waals surface area (Å²) in [6.07, 6.45) is 0. The monoisotopic (exact) mass is 234 g/mol. The summed E-state index contributed by atoms with van der Waals surface area (Å²) in [4.78, 5) is 3.42. The van der Waals surface area contributed by atoms with Crippen LogP contribution in [0.5, 0.6) is 0 Å². The lowest BCUT2D eigenvalue weighted by Crippen LogP contribution is -1.84. The minimum absolute atomic E-state index is 0.786. The quantitative estimate of drug-likeness (QED) is 0.648. The number of nitrogens with one attached hydrogen (secondary N) is 1. The van der Waals surface area contributed by atoms with Gasteiger partial charge < -0.3 is 10.7 Å². The number of nitrogens with two attached hydrogens (primary N) is 1. The molecule has 3 aromatic rings. The van der Waals surface area contributed by atoms with Gasteiger partial charge in [0.2, 0.25) is 0 Å². The third-order valence-electron chi connectivity index (χ3n) is 2.99. The van der Waals surface area contributed by atoms with Crippen molar-refractivity contribution in [3.63, 3.8) is 0 Å². The summed E-state index contributed by atoms with van der Waals surface area (Å²) in [5, 5.41) is 0. The molecule has 2 nitrogen and oxygen atoms in total. The van der Waals surface area contributed by atoms with Crippen LogP contribution in [-0.2, 0) is 0 Å². The van der Waals surface area contributed by atoms with Gasteiger partial charge in [0, 0.05) is 17.1 Å². The van der Waals surface area contributed by atoms with Gasteiger partial charge in [0.05, 0.1) is 0 Å². The molecule has 2 heteroatoms. The third kappa shape index (κ3) is 2.00. The molecule has 18 heavy (non-hydrogen) atoms. The van der Waals surface area contributed by atoms with Crippen LogP contribution in [0.4, 0.5) is 5.69 Å². The molecule has 0 saturated carbocycles. The fourth-order valence-electron chi connectivity index (χ4n) is 2.01. The summed E-state index contributed by atoms with van der Waals surface area (Å²) in [5.74, 6) is 0. The second kappa shape index (κ2) is 4.41. The van der Waals surface area contributed by atoms with Gasteiger partial charge in [-0.3, -0.25) is 0 Å². The average molecular weight is 234 g/mol. The van der Waals surface area contributed by atoms with Crippen LogP contribution < -0.4 is 5.73 Å². The normalized spacial score (nSPS) is 10.4. The highest BCUT2D eigenvalue weighted by Crippen LogP contribution is 2.24. The molecular formula is C16H14N2. The molecule has 0 unspecified atom stereocenters. The third-order valence-corrected chi connectivity index (χ3v) is 2.99. The molecule has 0 radical (unpaired) electrons. The first-order valence-electron chi connectivity index (χ1n) is 5.93. The molecule has 0 aliphatic carbocycles. The van der Waals surface area contributed by atoms with E-state index in [0.717, 1.165) is 22.6 Å². The Morgan fingerprint density at radius 1 is 0.611 bits per heavy atom. The van der Waals surface area contributed by atoms with Crippen molar-refractivity contribution in [3.8, 4) is 22.5 Å². The molecule has 0 atom stereocenters. The van der Waals surface area contributed by atoms with E-state index in [0.29, 0.717) is 0 Å². The first kappa shape index (κ1) is 10.7. The molecule has 0 amide bonds. The van der Waals surface area contributed by atoms with E-state index in [-0.39, 0.29) is 0 Å². The van der Waals surface area contributed by atoms with Crippen LogP contribution in [-0.4, -0.2) is 4.98 Å². The standard InChI is InChI=1S/C16H14N2/c17-14-8-6-13(7-9-14)16-11-10-15(18-16)12-4-2-1-3-5-12/h1-11,18H,17H2. The van der Waals surface area contributed by atoms with Crippen molar-refractivity contribution in [1.82, 2.24) is 4.98 Å². The second-order valence-corrected chi connectivity index (χ2v) is 4.27. The number of nitrogen functional groups attached to an aromatic ring is 1. The van der Waals surface area contributed by atoms with Crippen molar-refractivity contribution in [3.05, 3.63) is 66.7 Å². The fraction of sp³-hybridized carbons (Fsp3) is 0. The van der Waals surface area contributed by atoms with E-state index in [1.165, 1.54) is 5.56 Å². The minimum atomic E-state index is 0.786. The van der Waals surface area contributed by atoms with E-state index >= 15 is 0 Å². The summed E-state index contributed by atoms with van der Waals surface area (Å²) < 4.78 is 0. The largest absolute Gasteiger partial charge is 0.399 e. The van der Waals surface area contributed by atoms with Crippen LogP contribution in [0.3, 0.4) is 0 Å². The zero-order valence-corrected chi connectivity index (χ0v) is 9.93. The number of anilines is 1. The number of hydrogen-bond donors (Lipinski definition) is 2. The first-order valence-corrected chi connectivity index (χ1v) is 5.93. The van der Waals surface area contributed by atoms with E-state index in [2.05, 4.69) is 29.2 Å². The Labute approximate surface area is 106 Å². The molecule has 3 N–H and O–H groups in total. The van der Waals surface area contributed by atoms with Gasteiger partial charge >= 0.3 is 0 Å². The van der Waals surface area contributed by atoms with Crippen LogP contribution in [0.2, 0.25) is 0 Å². The molecule has 1 heterocycles. The molecule has 0 saturated heterocycles. The molecule has 0 aliphatic heterocycles. The van der Waals surface area contributed by atoms with Gasteiger partial charge in [-0.2, -0.15) is 0 Å². The molecule has 0 bridgehead atoms. The number of aromatic nitrogens is 1. The predicted octanol–water partition coefficient (Wildman–Crippen LogP) is 3.93. The lowest BCUT2D eigenvalue weighted by Gasteiger charge is -2.00. The number of aromatic amines is 1. The maximum atomic E-state index is 5.69. The first-order chi connectivity index (χ1) is 8.83. The van der Waals surface area contributed by atoms with Gasteiger partial charge in [-0.05, 0) is 35.4 Å². The zero-order chi connectivity index (χ0) is 12.4. The van der Waals surface area contributed by atoms with Crippen LogP contribution in [0, 0.1) is 0 Å². The van der Waals surface area contributed by atoms with E-state index in [1.807, 2.05) is 42.5 Å². The molecule has 3 rings (SSSR count). The highest BCUT2D eigenvalue weighted by Gasteiger charge is 2.02. The second-order valence-electron chi connectivity index (χ2n) is 4.27. The summed E-state index contributed by atoms with van der Waals surface area (Å²) in [5.41, 5.74) is 11.0. The van der Waals surface area contributed by atoms with E-state index in [1.54, 1.807) is 0 Å². The molecular weight excluding hydrogens is 220 g/mol. The summed E-state index contributed by atoms with van der Waals surface area (Å²) in [7, 11) is 0. The predicted molar refractivity (Wildman–Crippen MR) is 76.1 cm³/mol.